The van der Waals surface area contributed by atoms with E-state index >= 15 is 0 Å². The van der Waals surface area contributed by atoms with Gasteiger partial charge in [0, 0.05) is 33.0 Å². The zero-order valence-corrected chi connectivity index (χ0v) is 34.1. The highest BCUT2D eigenvalue weighted by atomic mass is 15.0. The van der Waals surface area contributed by atoms with Gasteiger partial charge in [0.2, 0.25) is 0 Å². The molecule has 0 atom stereocenters. The topological polar surface area (TPSA) is 9.86 Å². The highest BCUT2D eigenvalue weighted by molar-refractivity contribution is 6.25. The van der Waals surface area contributed by atoms with Crippen molar-refractivity contribution in [2.75, 3.05) is 0 Å². The Bertz CT molecular complexity index is 3730. The second-order valence-electron chi connectivity index (χ2n) is 16.1. The molecule has 0 saturated heterocycles. The Morgan fingerprint density at radius 1 is 0.306 bits per heavy atom. The average molecular weight is 789 g/mol. The van der Waals surface area contributed by atoms with E-state index in [4.69, 9.17) is 0 Å². The van der Waals surface area contributed by atoms with E-state index in [1.807, 2.05) is 12.2 Å². The highest BCUT2D eigenvalue weighted by Gasteiger charge is 2.20. The molecule has 0 aliphatic heterocycles. The average Bonchev–Trinajstić information content (AvgIpc) is 3.85. The quantitative estimate of drug-likeness (QED) is 0.142. The van der Waals surface area contributed by atoms with Crippen molar-refractivity contribution in [3.8, 4) is 44.8 Å². The molecule has 0 bridgehead atoms. The van der Waals surface area contributed by atoms with Crippen molar-refractivity contribution in [3.63, 3.8) is 0 Å². The third-order valence-corrected chi connectivity index (χ3v) is 12.9. The number of hydrogen-bond acceptors (Lipinski definition) is 0. The van der Waals surface area contributed by atoms with E-state index in [-0.39, 0.29) is 0 Å². The summed E-state index contributed by atoms with van der Waals surface area (Å²) in [5, 5.41) is 11.1. The normalized spacial score (nSPS) is 11.7. The van der Waals surface area contributed by atoms with Gasteiger partial charge in [-0.05, 0) is 115 Å². The van der Waals surface area contributed by atoms with Gasteiger partial charge in [-0.25, -0.2) is 0 Å². The van der Waals surface area contributed by atoms with Gasteiger partial charge in [-0.15, -0.1) is 0 Å². The molecule has 0 amide bonds. The smallest absolute Gasteiger partial charge is 0.0541 e. The number of aromatic nitrogens is 2. The van der Waals surface area contributed by atoms with Crippen LogP contribution in [-0.2, 0) is 0 Å². The number of nitrogens with zero attached hydrogens (tertiary/aromatic N) is 2. The van der Waals surface area contributed by atoms with Crippen molar-refractivity contribution < 1.29 is 0 Å². The second-order valence-corrected chi connectivity index (χ2v) is 16.1. The van der Waals surface area contributed by atoms with Gasteiger partial charge in [-0.1, -0.05) is 177 Å². The fourth-order valence-electron chi connectivity index (χ4n) is 10.0. The van der Waals surface area contributed by atoms with Crippen molar-refractivity contribution in [1.82, 2.24) is 9.13 Å². The Labute approximate surface area is 360 Å². The summed E-state index contributed by atoms with van der Waals surface area (Å²) in [5.41, 5.74) is 15.0. The first-order valence-corrected chi connectivity index (χ1v) is 21.2. The second kappa shape index (κ2) is 14.2. The minimum absolute atomic E-state index is 1.03. The summed E-state index contributed by atoms with van der Waals surface area (Å²) in [7, 11) is 0. The molecule has 0 N–H and O–H groups in total. The van der Waals surface area contributed by atoms with Crippen molar-refractivity contribution in [3.05, 3.63) is 231 Å². The highest BCUT2D eigenvalue weighted by Crippen LogP contribution is 2.41. The van der Waals surface area contributed by atoms with Gasteiger partial charge in [-0.2, -0.15) is 0 Å². The van der Waals surface area contributed by atoms with Gasteiger partial charge in [0.1, 0.15) is 0 Å². The van der Waals surface area contributed by atoms with E-state index in [2.05, 4.69) is 229 Å². The molecule has 0 aliphatic carbocycles. The molecule has 12 rings (SSSR count). The molecule has 0 radical (unpaired) electrons. The summed E-state index contributed by atoms with van der Waals surface area (Å²) in [6.45, 7) is 8.63. The molecular formula is C60H40N2. The molecule has 0 aliphatic rings. The Balaban J connectivity index is 0.991. The molecule has 0 fully saturated rings. The maximum Gasteiger partial charge on any atom is 0.0541 e. The molecule has 0 spiro atoms. The van der Waals surface area contributed by atoms with Crippen molar-refractivity contribution in [2.24, 2.45) is 0 Å². The number of rotatable bonds is 7. The lowest BCUT2D eigenvalue weighted by atomic mass is 9.94. The molecule has 2 nitrogen and oxygen atoms in total. The van der Waals surface area contributed by atoms with Crippen LogP contribution in [0.2, 0.25) is 0 Å². The minimum atomic E-state index is 1.03. The van der Waals surface area contributed by atoms with Gasteiger partial charge >= 0.3 is 0 Å². The van der Waals surface area contributed by atoms with Crippen LogP contribution in [0.25, 0.3) is 122 Å². The zero-order chi connectivity index (χ0) is 41.3. The van der Waals surface area contributed by atoms with E-state index in [0.717, 1.165) is 39.1 Å². The van der Waals surface area contributed by atoms with Crippen LogP contribution in [0.4, 0.5) is 0 Å². The molecule has 2 heterocycles. The van der Waals surface area contributed by atoms with Gasteiger partial charge in [0.15, 0.2) is 0 Å². The molecule has 10 aromatic carbocycles. The van der Waals surface area contributed by atoms with Crippen LogP contribution in [0.15, 0.2) is 219 Å². The fourth-order valence-corrected chi connectivity index (χ4v) is 10.0. The molecule has 290 valence electrons. The standard InChI is InChI=1S/C60H40N2/c1-3-45-54-36-42(30-34-59(54)61(56(45)4-2)44-32-33-51-49-21-9-8-19-47(49)48-20-10-11-22-50(48)53(51)38-44)43-31-35-60-55(37-43)52-23-13-15-25-58(52)62(60)57-24-14-12-18-46(57)41-28-26-40(27-29-41)39-16-6-5-7-17-39/h3-38H,1-2H2. The van der Waals surface area contributed by atoms with Crippen LogP contribution >= 0.6 is 0 Å². The summed E-state index contributed by atoms with van der Waals surface area (Å²) in [4.78, 5) is 0. The van der Waals surface area contributed by atoms with Crippen LogP contribution in [0.3, 0.4) is 0 Å². The Morgan fingerprint density at radius 2 is 0.806 bits per heavy atom. The summed E-state index contributed by atoms with van der Waals surface area (Å²) in [6.07, 6.45) is 3.95. The van der Waals surface area contributed by atoms with Crippen molar-refractivity contribution in [1.29, 1.82) is 0 Å². The zero-order valence-electron chi connectivity index (χ0n) is 34.1. The molecular weight excluding hydrogens is 749 g/mol. The van der Waals surface area contributed by atoms with Crippen LogP contribution < -0.4 is 0 Å². The Hall–Kier alpha value is -8.20. The number of para-hydroxylation sites is 2. The molecule has 0 saturated carbocycles. The predicted molar refractivity (Wildman–Crippen MR) is 267 cm³/mol. The lowest BCUT2D eigenvalue weighted by Crippen LogP contribution is -1.97. The third kappa shape index (κ3) is 5.44. The van der Waals surface area contributed by atoms with E-state index < -0.39 is 0 Å². The van der Waals surface area contributed by atoms with Crippen LogP contribution in [0, 0.1) is 0 Å². The van der Waals surface area contributed by atoms with Crippen molar-refractivity contribution in [2.45, 2.75) is 0 Å². The number of hydrogen-bond donors (Lipinski definition) is 0. The summed E-state index contributed by atoms with van der Waals surface area (Å²) >= 11 is 0. The van der Waals surface area contributed by atoms with Crippen LogP contribution in [0.1, 0.15) is 11.3 Å². The Kier molecular flexibility index (Phi) is 8.19. The van der Waals surface area contributed by atoms with Crippen LogP contribution in [0.5, 0.6) is 0 Å². The summed E-state index contributed by atoms with van der Waals surface area (Å²) in [6, 6.07) is 75.2. The van der Waals surface area contributed by atoms with Gasteiger partial charge in [0.25, 0.3) is 0 Å². The number of fused-ring (bicyclic) bond motifs is 10. The number of benzene rings is 10. The summed E-state index contributed by atoms with van der Waals surface area (Å²) < 4.78 is 4.77. The first kappa shape index (κ1) is 35.7. The SMILES string of the molecule is C=Cc1c(C=C)n(-c2ccc3c4ccccc4c4ccccc4c3c2)c2ccc(-c3ccc4c(c3)c3ccccc3n4-c3ccccc3-c3ccc(-c4ccccc4)cc3)cc12. The predicted octanol–water partition coefficient (Wildman–Crippen LogP) is 16.5. The van der Waals surface area contributed by atoms with Crippen molar-refractivity contribution >= 4 is 77.2 Å². The first-order valence-electron chi connectivity index (χ1n) is 21.2. The molecule has 2 heteroatoms. The lowest BCUT2D eigenvalue weighted by Gasteiger charge is -2.15. The van der Waals surface area contributed by atoms with Gasteiger partial charge < -0.3 is 9.13 Å². The van der Waals surface area contributed by atoms with Gasteiger partial charge in [0.05, 0.1) is 27.9 Å². The largest absolute Gasteiger partial charge is 0.309 e. The maximum absolute atomic E-state index is 4.32. The summed E-state index contributed by atoms with van der Waals surface area (Å²) in [5.74, 6) is 0. The third-order valence-electron chi connectivity index (χ3n) is 12.9. The first-order chi connectivity index (χ1) is 30.7. The van der Waals surface area contributed by atoms with Crippen LogP contribution in [-0.4, -0.2) is 9.13 Å². The molecule has 12 aromatic rings. The monoisotopic (exact) mass is 788 g/mol. The lowest BCUT2D eigenvalue weighted by molar-refractivity contribution is 1.11. The van der Waals surface area contributed by atoms with E-state index in [0.29, 0.717) is 0 Å². The maximum atomic E-state index is 4.32. The molecule has 0 unspecified atom stereocenters. The molecule has 62 heavy (non-hydrogen) atoms. The fraction of sp³-hybridized carbons (Fsp3) is 0. The van der Waals surface area contributed by atoms with E-state index in [1.54, 1.807) is 0 Å². The van der Waals surface area contributed by atoms with E-state index in [1.165, 1.54) is 81.9 Å². The Morgan fingerprint density at radius 3 is 1.48 bits per heavy atom. The van der Waals surface area contributed by atoms with E-state index in [9.17, 15) is 0 Å². The minimum Gasteiger partial charge on any atom is -0.309 e. The molecule has 2 aromatic heterocycles. The van der Waals surface area contributed by atoms with Gasteiger partial charge in [-0.3, -0.25) is 0 Å².